The van der Waals surface area contributed by atoms with Crippen LogP contribution in [0.25, 0.3) is 0 Å². The highest BCUT2D eigenvalue weighted by Gasteiger charge is 1.98. The third-order valence-corrected chi connectivity index (χ3v) is 2.89. The molecule has 1 aromatic carbocycles. The molecule has 4 heteroatoms. The Balaban J connectivity index is 1.93. The first-order valence-electron chi connectivity index (χ1n) is 6.21. The van der Waals surface area contributed by atoms with E-state index in [4.69, 9.17) is 0 Å². The quantitative estimate of drug-likeness (QED) is 0.877. The van der Waals surface area contributed by atoms with Crippen LogP contribution in [0.2, 0.25) is 0 Å². The van der Waals surface area contributed by atoms with Gasteiger partial charge < -0.3 is 10.2 Å². The predicted octanol–water partition coefficient (Wildman–Crippen LogP) is 2.58. The van der Waals surface area contributed by atoms with E-state index in [1.165, 1.54) is 11.3 Å². The maximum Gasteiger partial charge on any atom is 0.0539 e. The largest absolute Gasteiger partial charge is 0.381 e. The van der Waals surface area contributed by atoms with Gasteiger partial charge in [0.15, 0.2) is 0 Å². The van der Waals surface area contributed by atoms with Crippen LogP contribution in [0.3, 0.4) is 0 Å². The molecule has 0 spiro atoms. The first kappa shape index (κ1) is 12.5. The summed E-state index contributed by atoms with van der Waals surface area (Å²) < 4.78 is 1.94. The van der Waals surface area contributed by atoms with E-state index in [2.05, 4.69) is 52.7 Å². The minimum atomic E-state index is 0.807. The van der Waals surface area contributed by atoms with Crippen LogP contribution < -0.4 is 10.2 Å². The summed E-state index contributed by atoms with van der Waals surface area (Å²) in [6.45, 7) is 3.81. The molecule has 0 aliphatic carbocycles. The zero-order valence-corrected chi connectivity index (χ0v) is 11.2. The number of aromatic nitrogens is 2. The first-order valence-corrected chi connectivity index (χ1v) is 6.21. The molecule has 0 unspecified atom stereocenters. The molecule has 0 aliphatic heterocycles. The van der Waals surface area contributed by atoms with E-state index in [1.807, 2.05) is 25.0 Å². The number of hydrogen-bond donors (Lipinski definition) is 1. The smallest absolute Gasteiger partial charge is 0.0539 e. The Labute approximate surface area is 108 Å². The topological polar surface area (TPSA) is 33.1 Å². The lowest BCUT2D eigenvalue weighted by Crippen LogP contribution is -2.08. The second-order valence-corrected chi connectivity index (χ2v) is 4.50. The number of nitrogens with one attached hydrogen (secondary N) is 1. The number of anilines is 2. The lowest BCUT2D eigenvalue weighted by Gasteiger charge is -2.13. The van der Waals surface area contributed by atoms with Crippen LogP contribution in [0.1, 0.15) is 12.5 Å². The van der Waals surface area contributed by atoms with Crippen molar-refractivity contribution in [1.82, 2.24) is 9.78 Å². The number of rotatable bonds is 5. The second kappa shape index (κ2) is 5.58. The van der Waals surface area contributed by atoms with Crippen molar-refractivity contribution in [2.75, 3.05) is 24.3 Å². The molecular formula is C14H20N4. The Morgan fingerprint density at radius 2 is 1.94 bits per heavy atom. The van der Waals surface area contributed by atoms with Crippen molar-refractivity contribution in [2.24, 2.45) is 0 Å². The summed E-state index contributed by atoms with van der Waals surface area (Å²) in [5.74, 6) is 0. The van der Waals surface area contributed by atoms with E-state index in [9.17, 15) is 0 Å². The van der Waals surface area contributed by atoms with E-state index in [0.29, 0.717) is 0 Å². The molecule has 2 aromatic rings. The Hall–Kier alpha value is -1.97. The fraction of sp³-hybridized carbons (Fsp3) is 0.357. The second-order valence-electron chi connectivity index (χ2n) is 4.50. The monoisotopic (exact) mass is 244 g/mol. The highest BCUT2D eigenvalue weighted by Crippen LogP contribution is 2.16. The van der Waals surface area contributed by atoms with E-state index in [-0.39, 0.29) is 0 Å². The lowest BCUT2D eigenvalue weighted by atomic mass is 10.2. The molecule has 2 rings (SSSR count). The maximum absolute atomic E-state index is 4.25. The van der Waals surface area contributed by atoms with Crippen molar-refractivity contribution in [3.63, 3.8) is 0 Å². The Morgan fingerprint density at radius 3 is 2.50 bits per heavy atom. The van der Waals surface area contributed by atoms with Crippen molar-refractivity contribution in [2.45, 2.75) is 20.0 Å². The molecule has 1 N–H and O–H groups in total. The maximum atomic E-state index is 4.25. The molecule has 0 atom stereocenters. The highest BCUT2D eigenvalue weighted by molar-refractivity contribution is 5.54. The van der Waals surface area contributed by atoms with Gasteiger partial charge in [-0.3, -0.25) is 4.68 Å². The normalized spacial score (nSPS) is 10.4. The van der Waals surface area contributed by atoms with Gasteiger partial charge in [0.2, 0.25) is 0 Å². The molecule has 0 radical (unpaired) electrons. The van der Waals surface area contributed by atoms with Gasteiger partial charge >= 0.3 is 0 Å². The summed E-state index contributed by atoms with van der Waals surface area (Å²) in [6, 6.07) is 8.41. The third kappa shape index (κ3) is 3.03. The summed E-state index contributed by atoms with van der Waals surface area (Å²) in [6.07, 6.45) is 3.98. The third-order valence-electron chi connectivity index (χ3n) is 2.89. The number of hydrogen-bond acceptors (Lipinski definition) is 3. The predicted molar refractivity (Wildman–Crippen MR) is 76.0 cm³/mol. The molecule has 1 aromatic heterocycles. The van der Waals surface area contributed by atoms with Crippen LogP contribution in [0.4, 0.5) is 11.4 Å². The summed E-state index contributed by atoms with van der Waals surface area (Å²) in [4.78, 5) is 2.09. The number of aryl methyl sites for hydroxylation is 1. The van der Waals surface area contributed by atoms with E-state index < -0.39 is 0 Å². The standard InChI is InChI=1S/C14H20N4/c1-4-18-11-12(10-16-18)9-15-13-5-7-14(8-6-13)17(2)3/h5-8,10-11,15H,4,9H2,1-3H3. The van der Waals surface area contributed by atoms with Gasteiger partial charge in [-0.05, 0) is 31.2 Å². The average Bonchev–Trinajstić information content (AvgIpc) is 2.85. The molecule has 0 bridgehead atoms. The van der Waals surface area contributed by atoms with Crippen LogP contribution in [0, 0.1) is 0 Å². The van der Waals surface area contributed by atoms with Gasteiger partial charge in [-0.25, -0.2) is 0 Å². The Morgan fingerprint density at radius 1 is 1.22 bits per heavy atom. The Kier molecular flexibility index (Phi) is 3.87. The molecule has 4 nitrogen and oxygen atoms in total. The van der Waals surface area contributed by atoms with Gasteiger partial charge in [-0.15, -0.1) is 0 Å². The van der Waals surface area contributed by atoms with Crippen LogP contribution in [-0.2, 0) is 13.1 Å². The lowest BCUT2D eigenvalue weighted by molar-refractivity contribution is 0.659. The minimum absolute atomic E-state index is 0.807. The molecule has 0 saturated heterocycles. The van der Waals surface area contributed by atoms with Crippen molar-refractivity contribution in [3.05, 3.63) is 42.2 Å². The average molecular weight is 244 g/mol. The summed E-state index contributed by atoms with van der Waals surface area (Å²) in [5, 5.41) is 7.65. The summed E-state index contributed by atoms with van der Waals surface area (Å²) in [5.41, 5.74) is 3.54. The number of benzene rings is 1. The first-order chi connectivity index (χ1) is 8.69. The minimum Gasteiger partial charge on any atom is -0.381 e. The molecule has 0 amide bonds. The van der Waals surface area contributed by atoms with Crippen LogP contribution in [0.5, 0.6) is 0 Å². The van der Waals surface area contributed by atoms with E-state index in [1.54, 1.807) is 0 Å². The van der Waals surface area contributed by atoms with Gasteiger partial charge in [0.1, 0.15) is 0 Å². The molecule has 1 heterocycles. The zero-order valence-electron chi connectivity index (χ0n) is 11.2. The zero-order chi connectivity index (χ0) is 13.0. The molecule has 0 saturated carbocycles. The molecule has 18 heavy (non-hydrogen) atoms. The SMILES string of the molecule is CCn1cc(CNc2ccc(N(C)C)cc2)cn1. The van der Waals surface area contributed by atoms with E-state index in [0.717, 1.165) is 18.8 Å². The van der Waals surface area contributed by atoms with Gasteiger partial charge in [-0.1, -0.05) is 0 Å². The van der Waals surface area contributed by atoms with Crippen molar-refractivity contribution in [1.29, 1.82) is 0 Å². The molecule has 96 valence electrons. The van der Waals surface area contributed by atoms with Gasteiger partial charge in [0.05, 0.1) is 6.20 Å². The van der Waals surface area contributed by atoms with Gasteiger partial charge in [0, 0.05) is 50.3 Å². The van der Waals surface area contributed by atoms with Crippen molar-refractivity contribution >= 4 is 11.4 Å². The van der Waals surface area contributed by atoms with Crippen LogP contribution >= 0.6 is 0 Å². The van der Waals surface area contributed by atoms with Gasteiger partial charge in [-0.2, -0.15) is 5.10 Å². The van der Waals surface area contributed by atoms with Crippen LogP contribution in [0.15, 0.2) is 36.7 Å². The molecular weight excluding hydrogens is 224 g/mol. The summed E-state index contributed by atoms with van der Waals surface area (Å²) >= 11 is 0. The Bertz CT molecular complexity index is 485. The molecule has 0 aliphatic rings. The number of nitrogens with zero attached hydrogens (tertiary/aromatic N) is 3. The van der Waals surface area contributed by atoms with E-state index >= 15 is 0 Å². The van der Waals surface area contributed by atoms with Crippen molar-refractivity contribution < 1.29 is 0 Å². The van der Waals surface area contributed by atoms with Gasteiger partial charge in [0.25, 0.3) is 0 Å². The van der Waals surface area contributed by atoms with Crippen molar-refractivity contribution in [3.8, 4) is 0 Å². The van der Waals surface area contributed by atoms with Crippen LogP contribution in [-0.4, -0.2) is 23.9 Å². The summed E-state index contributed by atoms with van der Waals surface area (Å²) in [7, 11) is 4.09. The fourth-order valence-corrected chi connectivity index (χ4v) is 1.75. The highest BCUT2D eigenvalue weighted by atomic mass is 15.3. The fourth-order valence-electron chi connectivity index (χ4n) is 1.75. The molecule has 0 fully saturated rings.